The van der Waals surface area contributed by atoms with E-state index < -0.39 is 5.54 Å². The average molecular weight is 250 g/mol. The van der Waals surface area contributed by atoms with Gasteiger partial charge in [0.2, 0.25) is 5.91 Å². The van der Waals surface area contributed by atoms with Gasteiger partial charge in [0.1, 0.15) is 5.82 Å². The zero-order valence-corrected chi connectivity index (χ0v) is 10.4. The molecule has 1 aliphatic rings. The molecule has 1 atom stereocenters. The first-order chi connectivity index (χ1) is 8.62. The summed E-state index contributed by atoms with van der Waals surface area (Å²) >= 11 is 0. The monoisotopic (exact) mass is 250 g/mol. The van der Waals surface area contributed by atoms with Gasteiger partial charge < -0.3 is 11.1 Å². The van der Waals surface area contributed by atoms with Gasteiger partial charge in [-0.05, 0) is 56.3 Å². The Balaban J connectivity index is 2.04. The van der Waals surface area contributed by atoms with Crippen LogP contribution in [0.25, 0.3) is 0 Å². The highest BCUT2D eigenvalue weighted by Gasteiger charge is 2.36. The SMILES string of the molecule is NC(=O)C1(CCc2cccc(F)c2)CCCCN1. The molecule has 0 bridgehead atoms. The smallest absolute Gasteiger partial charge is 0.237 e. The number of aryl methyl sites for hydroxylation is 1. The van der Waals surface area contributed by atoms with Crippen molar-refractivity contribution in [3.05, 3.63) is 35.6 Å². The number of carbonyl (C=O) groups is 1. The van der Waals surface area contributed by atoms with Gasteiger partial charge in [0, 0.05) is 0 Å². The third kappa shape index (κ3) is 2.88. The van der Waals surface area contributed by atoms with Crippen LogP contribution in [-0.2, 0) is 11.2 Å². The second-order valence-electron chi connectivity index (χ2n) is 4.96. The fourth-order valence-corrected chi connectivity index (χ4v) is 2.56. The first kappa shape index (κ1) is 13.0. The molecule has 1 saturated heterocycles. The molecule has 0 aliphatic carbocycles. The van der Waals surface area contributed by atoms with Crippen LogP contribution in [0.5, 0.6) is 0 Å². The number of halogens is 1. The maximum atomic E-state index is 13.1. The van der Waals surface area contributed by atoms with Crippen molar-refractivity contribution < 1.29 is 9.18 Å². The molecule has 1 fully saturated rings. The van der Waals surface area contributed by atoms with E-state index >= 15 is 0 Å². The molecule has 0 spiro atoms. The summed E-state index contributed by atoms with van der Waals surface area (Å²) in [6.07, 6.45) is 4.16. The zero-order chi connectivity index (χ0) is 13.0. The number of benzene rings is 1. The third-order valence-corrected chi connectivity index (χ3v) is 3.69. The van der Waals surface area contributed by atoms with Gasteiger partial charge in [0.05, 0.1) is 5.54 Å². The maximum absolute atomic E-state index is 13.1. The Morgan fingerprint density at radius 3 is 2.89 bits per heavy atom. The summed E-state index contributed by atoms with van der Waals surface area (Å²) in [6.45, 7) is 0.825. The predicted octanol–water partition coefficient (Wildman–Crippen LogP) is 1.76. The molecule has 4 heteroatoms. The number of amides is 1. The molecule has 98 valence electrons. The molecule has 1 heterocycles. The highest BCUT2D eigenvalue weighted by atomic mass is 19.1. The van der Waals surface area contributed by atoms with Crippen molar-refractivity contribution in [2.45, 2.75) is 37.6 Å². The maximum Gasteiger partial charge on any atom is 0.237 e. The first-order valence-electron chi connectivity index (χ1n) is 6.42. The molecule has 0 saturated carbocycles. The standard InChI is InChI=1S/C14H19FN2O/c15-12-5-3-4-11(10-12)6-8-14(13(16)18)7-1-2-9-17-14/h3-5,10,17H,1-2,6-9H2,(H2,16,18). The van der Waals surface area contributed by atoms with Crippen LogP contribution < -0.4 is 11.1 Å². The summed E-state index contributed by atoms with van der Waals surface area (Å²) < 4.78 is 13.1. The number of nitrogens with one attached hydrogen (secondary N) is 1. The lowest BCUT2D eigenvalue weighted by molar-refractivity contribution is -0.125. The Labute approximate surface area is 107 Å². The van der Waals surface area contributed by atoms with Crippen LogP contribution in [0.2, 0.25) is 0 Å². The largest absolute Gasteiger partial charge is 0.368 e. The van der Waals surface area contributed by atoms with Gasteiger partial charge in [0.15, 0.2) is 0 Å². The van der Waals surface area contributed by atoms with Crippen LogP contribution >= 0.6 is 0 Å². The molecule has 0 radical (unpaired) electrons. The second kappa shape index (κ2) is 5.48. The van der Waals surface area contributed by atoms with E-state index in [9.17, 15) is 9.18 Å². The van der Waals surface area contributed by atoms with E-state index in [1.54, 1.807) is 6.07 Å². The minimum absolute atomic E-state index is 0.239. The summed E-state index contributed by atoms with van der Waals surface area (Å²) in [7, 11) is 0. The van der Waals surface area contributed by atoms with Crippen molar-refractivity contribution in [1.82, 2.24) is 5.32 Å². The quantitative estimate of drug-likeness (QED) is 0.855. The van der Waals surface area contributed by atoms with Crippen molar-refractivity contribution in [3.8, 4) is 0 Å². The molecule has 0 aromatic heterocycles. The highest BCUT2D eigenvalue weighted by Crippen LogP contribution is 2.24. The van der Waals surface area contributed by atoms with Crippen molar-refractivity contribution >= 4 is 5.91 Å². The Kier molecular flexibility index (Phi) is 3.97. The molecule has 1 aliphatic heterocycles. The Hall–Kier alpha value is -1.42. The lowest BCUT2D eigenvalue weighted by atomic mass is 9.83. The number of carbonyl (C=O) groups excluding carboxylic acids is 1. The lowest BCUT2D eigenvalue weighted by Gasteiger charge is -2.35. The minimum atomic E-state index is -0.607. The van der Waals surface area contributed by atoms with Gasteiger partial charge in [-0.1, -0.05) is 12.1 Å². The van der Waals surface area contributed by atoms with Gasteiger partial charge in [-0.25, -0.2) is 4.39 Å². The van der Waals surface area contributed by atoms with E-state index in [-0.39, 0.29) is 11.7 Å². The fourth-order valence-electron chi connectivity index (χ4n) is 2.56. The molecule has 3 N–H and O–H groups in total. The normalized spacial score (nSPS) is 23.8. The van der Waals surface area contributed by atoms with Crippen molar-refractivity contribution in [2.75, 3.05) is 6.54 Å². The number of piperidine rings is 1. The van der Waals surface area contributed by atoms with Gasteiger partial charge in [-0.15, -0.1) is 0 Å². The highest BCUT2D eigenvalue weighted by molar-refractivity contribution is 5.84. The number of hydrogen-bond acceptors (Lipinski definition) is 2. The van der Waals surface area contributed by atoms with E-state index in [1.165, 1.54) is 12.1 Å². The zero-order valence-electron chi connectivity index (χ0n) is 10.4. The topological polar surface area (TPSA) is 55.1 Å². The molecular formula is C14H19FN2O. The van der Waals surface area contributed by atoms with E-state index in [0.29, 0.717) is 12.8 Å². The number of hydrogen-bond donors (Lipinski definition) is 2. The molecule has 1 unspecified atom stereocenters. The van der Waals surface area contributed by atoms with Gasteiger partial charge in [-0.3, -0.25) is 4.79 Å². The Morgan fingerprint density at radius 1 is 1.44 bits per heavy atom. The Morgan fingerprint density at radius 2 is 2.28 bits per heavy atom. The summed E-state index contributed by atoms with van der Waals surface area (Å²) in [5, 5.41) is 3.25. The molecule has 1 amide bonds. The van der Waals surface area contributed by atoms with Gasteiger partial charge >= 0.3 is 0 Å². The summed E-state index contributed by atoms with van der Waals surface area (Å²) in [4.78, 5) is 11.7. The van der Waals surface area contributed by atoms with Gasteiger partial charge in [0.25, 0.3) is 0 Å². The third-order valence-electron chi connectivity index (χ3n) is 3.69. The molecule has 18 heavy (non-hydrogen) atoms. The minimum Gasteiger partial charge on any atom is -0.368 e. The van der Waals surface area contributed by atoms with Crippen molar-refractivity contribution in [3.63, 3.8) is 0 Å². The van der Waals surface area contributed by atoms with Crippen molar-refractivity contribution in [1.29, 1.82) is 0 Å². The molecular weight excluding hydrogens is 231 g/mol. The first-order valence-corrected chi connectivity index (χ1v) is 6.42. The van der Waals surface area contributed by atoms with Crippen LogP contribution in [0.1, 0.15) is 31.2 Å². The van der Waals surface area contributed by atoms with Crippen LogP contribution in [0.3, 0.4) is 0 Å². The second-order valence-corrected chi connectivity index (χ2v) is 4.96. The van der Waals surface area contributed by atoms with E-state index in [1.807, 2.05) is 6.07 Å². The van der Waals surface area contributed by atoms with Gasteiger partial charge in [-0.2, -0.15) is 0 Å². The van der Waals surface area contributed by atoms with E-state index in [2.05, 4.69) is 5.32 Å². The molecule has 1 aromatic carbocycles. The fraction of sp³-hybridized carbons (Fsp3) is 0.500. The summed E-state index contributed by atoms with van der Waals surface area (Å²) in [5.74, 6) is -0.532. The van der Waals surface area contributed by atoms with Crippen molar-refractivity contribution in [2.24, 2.45) is 5.73 Å². The lowest BCUT2D eigenvalue weighted by Crippen LogP contribution is -2.57. The number of rotatable bonds is 4. The van der Waals surface area contributed by atoms with E-state index in [4.69, 9.17) is 5.73 Å². The average Bonchev–Trinajstić information content (AvgIpc) is 2.37. The summed E-state index contributed by atoms with van der Waals surface area (Å²) in [6, 6.07) is 6.50. The molecule has 3 nitrogen and oxygen atoms in total. The van der Waals surface area contributed by atoms with Crippen LogP contribution in [-0.4, -0.2) is 18.0 Å². The number of nitrogens with two attached hydrogens (primary N) is 1. The molecule has 1 aromatic rings. The Bertz CT molecular complexity index is 428. The molecule has 2 rings (SSSR count). The number of primary amides is 1. The van der Waals surface area contributed by atoms with Crippen LogP contribution in [0.15, 0.2) is 24.3 Å². The summed E-state index contributed by atoms with van der Waals surface area (Å²) in [5.41, 5.74) is 5.82. The predicted molar refractivity (Wildman–Crippen MR) is 68.5 cm³/mol. The van der Waals surface area contributed by atoms with Crippen LogP contribution in [0.4, 0.5) is 4.39 Å². The van der Waals surface area contributed by atoms with E-state index in [0.717, 1.165) is 31.4 Å². The van der Waals surface area contributed by atoms with Crippen LogP contribution in [0, 0.1) is 5.82 Å².